The van der Waals surface area contributed by atoms with Gasteiger partial charge >= 0.3 is 0 Å². The number of imidazole rings is 1. The number of aromatic amines is 1. The van der Waals surface area contributed by atoms with Crippen LogP contribution in [0.15, 0.2) is 6.33 Å². The molecule has 0 bridgehead atoms. The van der Waals surface area contributed by atoms with Gasteiger partial charge in [-0.3, -0.25) is 0 Å². The molecule has 1 saturated heterocycles. The van der Waals surface area contributed by atoms with E-state index in [-0.39, 0.29) is 5.54 Å². The van der Waals surface area contributed by atoms with Crippen LogP contribution in [-0.2, 0) is 4.74 Å². The third kappa shape index (κ3) is 2.18. The van der Waals surface area contributed by atoms with Gasteiger partial charge in [0.25, 0.3) is 0 Å². The molecule has 0 spiro atoms. The molecule has 3 rings (SSSR count). The predicted octanol–water partition coefficient (Wildman–Crippen LogP) is 1.40. The third-order valence-corrected chi connectivity index (χ3v) is 3.50. The Bertz CT molecular complexity index is 608. The first-order valence-electron chi connectivity index (χ1n) is 6.92. The summed E-state index contributed by atoms with van der Waals surface area (Å²) in [4.78, 5) is 18.7. The lowest BCUT2D eigenvalue weighted by Crippen LogP contribution is -2.53. The van der Waals surface area contributed by atoms with E-state index in [1.54, 1.807) is 6.33 Å². The molecule has 1 aliphatic heterocycles. The Balaban J connectivity index is 2.10. The molecular formula is C13H20N6O. The van der Waals surface area contributed by atoms with Crippen molar-refractivity contribution in [3.63, 3.8) is 0 Å². The Morgan fingerprint density at radius 1 is 1.45 bits per heavy atom. The number of ether oxygens (including phenoxy) is 1. The van der Waals surface area contributed by atoms with Gasteiger partial charge in [-0.25, -0.2) is 4.98 Å². The van der Waals surface area contributed by atoms with E-state index < -0.39 is 0 Å². The highest BCUT2D eigenvalue weighted by Gasteiger charge is 2.33. The number of rotatable bonds is 3. The molecular weight excluding hydrogens is 256 g/mol. The van der Waals surface area contributed by atoms with Gasteiger partial charge in [-0.1, -0.05) is 0 Å². The van der Waals surface area contributed by atoms with Crippen molar-refractivity contribution in [1.82, 2.24) is 19.9 Å². The van der Waals surface area contributed by atoms with Crippen LogP contribution in [0.5, 0.6) is 0 Å². The van der Waals surface area contributed by atoms with Gasteiger partial charge in [-0.15, -0.1) is 0 Å². The van der Waals surface area contributed by atoms with Crippen molar-refractivity contribution in [3.8, 4) is 0 Å². The summed E-state index contributed by atoms with van der Waals surface area (Å²) in [5.41, 5.74) is 1.46. The molecule has 1 fully saturated rings. The lowest BCUT2D eigenvalue weighted by atomic mass is 10.0. The van der Waals surface area contributed by atoms with Crippen molar-refractivity contribution in [2.45, 2.75) is 26.3 Å². The first-order valence-corrected chi connectivity index (χ1v) is 6.92. The molecule has 7 nitrogen and oxygen atoms in total. The molecule has 2 N–H and O–H groups in total. The number of nitrogens with one attached hydrogen (secondary N) is 2. The van der Waals surface area contributed by atoms with E-state index in [1.165, 1.54) is 0 Å². The molecule has 108 valence electrons. The lowest BCUT2D eigenvalue weighted by molar-refractivity contribution is 0.0641. The highest BCUT2D eigenvalue weighted by atomic mass is 16.5. The Morgan fingerprint density at radius 3 is 3.05 bits per heavy atom. The molecule has 1 aliphatic rings. The van der Waals surface area contributed by atoms with Crippen LogP contribution in [-0.4, -0.2) is 51.8 Å². The zero-order chi connectivity index (χ0) is 14.2. The van der Waals surface area contributed by atoms with Crippen LogP contribution in [0.2, 0.25) is 0 Å². The Morgan fingerprint density at radius 2 is 2.30 bits per heavy atom. The van der Waals surface area contributed by atoms with Gasteiger partial charge in [0.2, 0.25) is 5.95 Å². The summed E-state index contributed by atoms with van der Waals surface area (Å²) >= 11 is 0. The molecule has 0 saturated carbocycles. The van der Waals surface area contributed by atoms with Gasteiger partial charge in [0.1, 0.15) is 5.52 Å². The first-order chi connectivity index (χ1) is 9.62. The molecule has 20 heavy (non-hydrogen) atoms. The fourth-order valence-electron chi connectivity index (χ4n) is 2.50. The van der Waals surface area contributed by atoms with Crippen molar-refractivity contribution >= 4 is 22.9 Å². The number of aromatic nitrogens is 4. The van der Waals surface area contributed by atoms with Crippen LogP contribution >= 0.6 is 0 Å². The topological polar surface area (TPSA) is 79.0 Å². The van der Waals surface area contributed by atoms with Crippen LogP contribution in [0.1, 0.15) is 20.8 Å². The summed E-state index contributed by atoms with van der Waals surface area (Å²) in [6.07, 6.45) is 1.66. The number of hydrogen-bond donors (Lipinski definition) is 2. The Hall–Kier alpha value is -1.89. The fraction of sp³-hybridized carbons (Fsp3) is 0.615. The zero-order valence-corrected chi connectivity index (χ0v) is 12.1. The van der Waals surface area contributed by atoms with E-state index in [0.717, 1.165) is 24.4 Å². The summed E-state index contributed by atoms with van der Waals surface area (Å²) < 4.78 is 5.58. The molecule has 0 aliphatic carbocycles. The highest BCUT2D eigenvalue weighted by molar-refractivity contribution is 5.84. The summed E-state index contributed by atoms with van der Waals surface area (Å²) in [5.74, 6) is 1.50. The second kappa shape index (κ2) is 4.90. The molecule has 0 aromatic carbocycles. The van der Waals surface area contributed by atoms with Crippen molar-refractivity contribution in [3.05, 3.63) is 6.33 Å². The van der Waals surface area contributed by atoms with Crippen LogP contribution < -0.4 is 10.2 Å². The lowest BCUT2D eigenvalue weighted by Gasteiger charge is -2.43. The van der Waals surface area contributed by atoms with Crippen LogP contribution in [0.25, 0.3) is 11.2 Å². The number of morpholine rings is 1. The van der Waals surface area contributed by atoms with Crippen molar-refractivity contribution in [1.29, 1.82) is 0 Å². The molecule has 0 amide bonds. The molecule has 0 atom stereocenters. The van der Waals surface area contributed by atoms with E-state index in [2.05, 4.69) is 44.0 Å². The maximum Gasteiger partial charge on any atom is 0.226 e. The third-order valence-electron chi connectivity index (χ3n) is 3.50. The standard InChI is InChI=1S/C13H20N6O/c1-4-14-12-17-10-9(15-8-16-10)11(18-12)19-5-6-20-7-13(19,2)3/h8H,4-7H2,1-3H3,(H2,14,15,16,17,18). The minimum absolute atomic E-state index is 0.103. The van der Waals surface area contributed by atoms with Crippen molar-refractivity contribution < 1.29 is 4.74 Å². The normalized spacial score (nSPS) is 18.4. The molecule has 2 aromatic rings. The maximum absolute atomic E-state index is 5.58. The molecule has 7 heteroatoms. The van der Waals surface area contributed by atoms with Crippen molar-refractivity contribution in [2.24, 2.45) is 0 Å². The predicted molar refractivity (Wildman–Crippen MR) is 78.1 cm³/mol. The van der Waals surface area contributed by atoms with Crippen LogP contribution in [0, 0.1) is 0 Å². The van der Waals surface area contributed by atoms with Gasteiger partial charge in [0, 0.05) is 13.1 Å². The monoisotopic (exact) mass is 276 g/mol. The SMILES string of the molecule is CCNc1nc(N2CCOCC2(C)C)c2[nH]cnc2n1. The quantitative estimate of drug-likeness (QED) is 0.882. The number of H-pyrrole nitrogens is 1. The molecule has 2 aromatic heterocycles. The number of anilines is 2. The smallest absolute Gasteiger partial charge is 0.226 e. The maximum atomic E-state index is 5.58. The zero-order valence-electron chi connectivity index (χ0n) is 12.1. The van der Waals surface area contributed by atoms with E-state index in [4.69, 9.17) is 4.74 Å². The average molecular weight is 276 g/mol. The highest BCUT2D eigenvalue weighted by Crippen LogP contribution is 2.30. The Labute approximate surface area is 117 Å². The second-order valence-electron chi connectivity index (χ2n) is 5.52. The first kappa shape index (κ1) is 13.1. The van der Waals surface area contributed by atoms with E-state index in [1.807, 2.05) is 6.92 Å². The fourth-order valence-corrected chi connectivity index (χ4v) is 2.50. The van der Waals surface area contributed by atoms with Gasteiger partial charge in [-0.2, -0.15) is 9.97 Å². The van der Waals surface area contributed by atoms with E-state index in [0.29, 0.717) is 24.8 Å². The van der Waals surface area contributed by atoms with Crippen LogP contribution in [0.3, 0.4) is 0 Å². The van der Waals surface area contributed by atoms with E-state index >= 15 is 0 Å². The molecule has 0 unspecified atom stereocenters. The number of nitrogens with zero attached hydrogens (tertiary/aromatic N) is 4. The minimum Gasteiger partial charge on any atom is -0.377 e. The summed E-state index contributed by atoms with van der Waals surface area (Å²) in [6.45, 7) is 9.32. The molecule has 3 heterocycles. The largest absolute Gasteiger partial charge is 0.377 e. The van der Waals surface area contributed by atoms with Gasteiger partial charge in [0.05, 0.1) is 25.1 Å². The number of fused-ring (bicyclic) bond motifs is 1. The Kier molecular flexibility index (Phi) is 3.21. The van der Waals surface area contributed by atoms with Gasteiger partial charge in [-0.05, 0) is 20.8 Å². The van der Waals surface area contributed by atoms with Gasteiger partial charge in [0.15, 0.2) is 11.5 Å². The minimum atomic E-state index is -0.103. The second-order valence-corrected chi connectivity index (χ2v) is 5.52. The summed E-state index contributed by atoms with van der Waals surface area (Å²) in [6, 6.07) is 0. The van der Waals surface area contributed by atoms with Crippen LogP contribution in [0.4, 0.5) is 11.8 Å². The summed E-state index contributed by atoms with van der Waals surface area (Å²) in [5, 5.41) is 3.16. The van der Waals surface area contributed by atoms with E-state index in [9.17, 15) is 0 Å². The van der Waals surface area contributed by atoms with Crippen molar-refractivity contribution in [2.75, 3.05) is 36.5 Å². The van der Waals surface area contributed by atoms with Gasteiger partial charge < -0.3 is 19.9 Å². The number of hydrogen-bond acceptors (Lipinski definition) is 6. The summed E-state index contributed by atoms with van der Waals surface area (Å²) in [7, 11) is 0. The average Bonchev–Trinajstić information content (AvgIpc) is 2.86. The molecule has 0 radical (unpaired) electrons.